The second-order valence-electron chi connectivity index (χ2n) is 6.95. The lowest BCUT2D eigenvalue weighted by molar-refractivity contribution is 0.0951. The standard InChI is InChI=1S/C22H24FN3O/c1-15(19-7-9-21(23)10-8-19)13-24-22(27)20-6-4-5-18(12-20)14-26-17(3)11-16(2)25-26/h4-12,15H,13-14H2,1-3H3,(H,24,27). The zero-order valence-corrected chi connectivity index (χ0v) is 15.9. The number of hydrogen-bond acceptors (Lipinski definition) is 2. The maximum atomic E-state index is 13.0. The van der Waals surface area contributed by atoms with Gasteiger partial charge in [-0.1, -0.05) is 31.2 Å². The van der Waals surface area contributed by atoms with Gasteiger partial charge >= 0.3 is 0 Å². The van der Waals surface area contributed by atoms with E-state index in [-0.39, 0.29) is 17.6 Å². The zero-order valence-electron chi connectivity index (χ0n) is 15.9. The van der Waals surface area contributed by atoms with Crippen molar-refractivity contribution in [2.45, 2.75) is 33.2 Å². The van der Waals surface area contributed by atoms with Crippen molar-refractivity contribution in [2.24, 2.45) is 0 Å². The molecule has 1 amide bonds. The van der Waals surface area contributed by atoms with Gasteiger partial charge in [0.2, 0.25) is 0 Å². The molecule has 1 unspecified atom stereocenters. The van der Waals surface area contributed by atoms with E-state index < -0.39 is 0 Å². The highest BCUT2D eigenvalue weighted by Gasteiger charge is 2.11. The van der Waals surface area contributed by atoms with Gasteiger partial charge in [-0.05, 0) is 61.2 Å². The van der Waals surface area contributed by atoms with Crippen molar-refractivity contribution < 1.29 is 9.18 Å². The molecule has 0 saturated carbocycles. The van der Waals surface area contributed by atoms with E-state index in [1.165, 1.54) is 12.1 Å². The SMILES string of the molecule is Cc1cc(C)n(Cc2cccc(C(=O)NCC(C)c3ccc(F)cc3)c2)n1. The fraction of sp³-hybridized carbons (Fsp3) is 0.273. The number of hydrogen-bond donors (Lipinski definition) is 1. The Bertz CT molecular complexity index is 931. The zero-order chi connectivity index (χ0) is 19.4. The summed E-state index contributed by atoms with van der Waals surface area (Å²) in [7, 11) is 0. The van der Waals surface area contributed by atoms with Crippen LogP contribution < -0.4 is 5.32 Å². The molecule has 0 fully saturated rings. The minimum Gasteiger partial charge on any atom is -0.351 e. The fourth-order valence-corrected chi connectivity index (χ4v) is 3.08. The van der Waals surface area contributed by atoms with Crippen LogP contribution in [0.5, 0.6) is 0 Å². The van der Waals surface area contributed by atoms with Crippen LogP contribution in [0.2, 0.25) is 0 Å². The number of carbonyl (C=O) groups is 1. The third-order valence-corrected chi connectivity index (χ3v) is 4.63. The van der Waals surface area contributed by atoms with E-state index in [1.807, 2.05) is 55.8 Å². The van der Waals surface area contributed by atoms with Gasteiger partial charge < -0.3 is 5.32 Å². The maximum Gasteiger partial charge on any atom is 0.251 e. The molecular weight excluding hydrogens is 341 g/mol. The average molecular weight is 365 g/mol. The van der Waals surface area contributed by atoms with Gasteiger partial charge in [0, 0.05) is 17.8 Å². The third-order valence-electron chi connectivity index (χ3n) is 4.63. The van der Waals surface area contributed by atoms with Crippen molar-refractivity contribution in [3.63, 3.8) is 0 Å². The number of rotatable bonds is 6. The van der Waals surface area contributed by atoms with Gasteiger partial charge in [0.05, 0.1) is 12.2 Å². The Balaban J connectivity index is 1.63. The number of aromatic nitrogens is 2. The van der Waals surface area contributed by atoms with Gasteiger partial charge in [0.25, 0.3) is 5.91 Å². The smallest absolute Gasteiger partial charge is 0.251 e. The summed E-state index contributed by atoms with van der Waals surface area (Å²) in [6.07, 6.45) is 0. The molecule has 0 saturated heterocycles. The highest BCUT2D eigenvalue weighted by Crippen LogP contribution is 2.15. The topological polar surface area (TPSA) is 46.9 Å². The number of aryl methyl sites for hydroxylation is 2. The van der Waals surface area contributed by atoms with E-state index in [9.17, 15) is 9.18 Å². The predicted molar refractivity (Wildman–Crippen MR) is 104 cm³/mol. The Hall–Kier alpha value is -2.95. The van der Waals surface area contributed by atoms with Gasteiger partial charge in [-0.3, -0.25) is 9.48 Å². The molecule has 27 heavy (non-hydrogen) atoms. The first-order valence-corrected chi connectivity index (χ1v) is 9.06. The molecule has 140 valence electrons. The lowest BCUT2D eigenvalue weighted by Crippen LogP contribution is -2.27. The number of benzene rings is 2. The molecule has 3 rings (SSSR count). The van der Waals surface area contributed by atoms with Crippen LogP contribution in [0.25, 0.3) is 0 Å². The van der Waals surface area contributed by atoms with Crippen molar-refractivity contribution >= 4 is 5.91 Å². The van der Waals surface area contributed by atoms with Crippen molar-refractivity contribution in [1.29, 1.82) is 0 Å². The minimum atomic E-state index is -0.255. The van der Waals surface area contributed by atoms with Crippen LogP contribution in [0.3, 0.4) is 0 Å². The highest BCUT2D eigenvalue weighted by atomic mass is 19.1. The summed E-state index contributed by atoms with van der Waals surface area (Å²) < 4.78 is 15.0. The van der Waals surface area contributed by atoms with Crippen LogP contribution in [0, 0.1) is 19.7 Å². The van der Waals surface area contributed by atoms with E-state index >= 15 is 0 Å². The molecule has 0 aliphatic carbocycles. The molecule has 3 aromatic rings. The Morgan fingerprint density at radius 1 is 1.15 bits per heavy atom. The number of nitrogens with zero attached hydrogens (tertiary/aromatic N) is 2. The summed E-state index contributed by atoms with van der Waals surface area (Å²) in [4.78, 5) is 12.5. The first-order valence-electron chi connectivity index (χ1n) is 9.06. The average Bonchev–Trinajstić information content (AvgIpc) is 2.97. The molecule has 1 N–H and O–H groups in total. The van der Waals surface area contributed by atoms with Gasteiger partial charge in [0.1, 0.15) is 5.82 Å². The summed E-state index contributed by atoms with van der Waals surface area (Å²) in [5, 5.41) is 7.43. The fourth-order valence-electron chi connectivity index (χ4n) is 3.08. The Labute approximate surface area is 159 Å². The van der Waals surface area contributed by atoms with Crippen LogP contribution in [-0.4, -0.2) is 22.2 Å². The van der Waals surface area contributed by atoms with Crippen molar-refractivity contribution in [1.82, 2.24) is 15.1 Å². The third kappa shape index (κ3) is 4.82. The van der Waals surface area contributed by atoms with Crippen LogP contribution >= 0.6 is 0 Å². The van der Waals surface area contributed by atoms with Crippen LogP contribution in [0.1, 0.15) is 45.7 Å². The second kappa shape index (κ2) is 8.16. The molecule has 1 aromatic heterocycles. The summed E-state index contributed by atoms with van der Waals surface area (Å²) in [5.74, 6) is -0.263. The summed E-state index contributed by atoms with van der Waals surface area (Å²) in [5.41, 5.74) is 4.72. The van der Waals surface area contributed by atoms with Gasteiger partial charge in [-0.25, -0.2) is 4.39 Å². The number of carbonyl (C=O) groups excluding carboxylic acids is 1. The first-order chi connectivity index (χ1) is 12.9. The molecule has 0 aliphatic heterocycles. The minimum absolute atomic E-state index is 0.104. The van der Waals surface area contributed by atoms with Gasteiger partial charge in [-0.2, -0.15) is 5.10 Å². The lowest BCUT2D eigenvalue weighted by Gasteiger charge is -2.13. The highest BCUT2D eigenvalue weighted by molar-refractivity contribution is 5.94. The Morgan fingerprint density at radius 3 is 2.56 bits per heavy atom. The summed E-state index contributed by atoms with van der Waals surface area (Å²) in [6.45, 7) is 7.12. The summed E-state index contributed by atoms with van der Waals surface area (Å²) in [6, 6.07) is 16.0. The van der Waals surface area contributed by atoms with Gasteiger partial charge in [-0.15, -0.1) is 0 Å². The van der Waals surface area contributed by atoms with Crippen LogP contribution in [-0.2, 0) is 6.54 Å². The summed E-state index contributed by atoms with van der Waals surface area (Å²) >= 11 is 0. The Morgan fingerprint density at radius 2 is 1.89 bits per heavy atom. The molecule has 4 nitrogen and oxygen atoms in total. The van der Waals surface area contributed by atoms with Crippen molar-refractivity contribution in [2.75, 3.05) is 6.54 Å². The number of nitrogens with one attached hydrogen (secondary N) is 1. The Kier molecular flexibility index (Phi) is 5.69. The van der Waals surface area contributed by atoms with Crippen LogP contribution in [0.4, 0.5) is 4.39 Å². The molecule has 0 spiro atoms. The largest absolute Gasteiger partial charge is 0.351 e. The number of amides is 1. The van der Waals surface area contributed by atoms with Gasteiger partial charge in [0.15, 0.2) is 0 Å². The van der Waals surface area contributed by atoms with E-state index in [2.05, 4.69) is 10.4 Å². The first kappa shape index (κ1) is 18.8. The molecular formula is C22H24FN3O. The monoisotopic (exact) mass is 365 g/mol. The van der Waals surface area contributed by atoms with E-state index in [4.69, 9.17) is 0 Å². The maximum absolute atomic E-state index is 13.0. The second-order valence-corrected chi connectivity index (χ2v) is 6.95. The van der Waals surface area contributed by atoms with E-state index in [0.717, 1.165) is 22.5 Å². The molecule has 1 heterocycles. The van der Waals surface area contributed by atoms with Crippen molar-refractivity contribution in [3.8, 4) is 0 Å². The normalized spacial score (nSPS) is 12.0. The van der Waals surface area contributed by atoms with E-state index in [1.54, 1.807) is 12.1 Å². The molecule has 0 bridgehead atoms. The quantitative estimate of drug-likeness (QED) is 0.711. The molecule has 5 heteroatoms. The van der Waals surface area contributed by atoms with E-state index in [0.29, 0.717) is 18.7 Å². The molecule has 1 atom stereocenters. The molecule has 0 radical (unpaired) electrons. The number of halogens is 1. The molecule has 0 aliphatic rings. The van der Waals surface area contributed by atoms with Crippen molar-refractivity contribution in [3.05, 3.63) is 88.5 Å². The van der Waals surface area contributed by atoms with Crippen LogP contribution in [0.15, 0.2) is 54.6 Å². The predicted octanol–water partition coefficient (Wildman–Crippen LogP) is 4.22. The molecule has 2 aromatic carbocycles. The lowest BCUT2D eigenvalue weighted by atomic mass is 10.0.